The fourth-order valence-corrected chi connectivity index (χ4v) is 1.91. The third kappa shape index (κ3) is 0.722. The Labute approximate surface area is 61.7 Å². The lowest BCUT2D eigenvalue weighted by Gasteiger charge is -2.50. The Bertz CT molecular complexity index is 122. The van der Waals surface area contributed by atoms with Gasteiger partial charge in [0.1, 0.15) is 0 Å². The van der Waals surface area contributed by atoms with Gasteiger partial charge in [-0.3, -0.25) is 0 Å². The molecule has 0 atom stereocenters. The van der Waals surface area contributed by atoms with Gasteiger partial charge in [0.15, 0.2) is 0 Å². The molecule has 1 aliphatic carbocycles. The van der Waals surface area contributed by atoms with Crippen molar-refractivity contribution in [3.8, 4) is 0 Å². The molecule has 2 nitrogen and oxygen atoms in total. The highest BCUT2D eigenvalue weighted by Gasteiger charge is 2.46. The van der Waals surface area contributed by atoms with Crippen molar-refractivity contribution in [2.45, 2.75) is 19.3 Å². The van der Waals surface area contributed by atoms with Gasteiger partial charge in [0.05, 0.1) is 13.2 Å². The first-order valence-electron chi connectivity index (χ1n) is 4.15. The van der Waals surface area contributed by atoms with Crippen LogP contribution in [0.25, 0.3) is 0 Å². The maximum absolute atomic E-state index is 5.70. The Morgan fingerprint density at radius 3 is 2.20 bits per heavy atom. The molecule has 1 aliphatic heterocycles. The third-order valence-electron chi connectivity index (χ3n) is 3.16. The highest BCUT2D eigenvalue weighted by molar-refractivity contribution is 4.95. The molecular weight excluding hydrogens is 126 g/mol. The second-order valence-electron chi connectivity index (χ2n) is 3.69. The van der Waals surface area contributed by atoms with Gasteiger partial charge in [0.25, 0.3) is 0 Å². The fraction of sp³-hybridized carbons (Fsp3) is 1.00. The predicted molar refractivity (Wildman–Crippen MR) is 39.6 cm³/mol. The van der Waals surface area contributed by atoms with Crippen LogP contribution in [0, 0.1) is 11.3 Å². The van der Waals surface area contributed by atoms with Crippen LogP contribution in [-0.4, -0.2) is 19.8 Å². The van der Waals surface area contributed by atoms with E-state index < -0.39 is 0 Å². The number of rotatable bonds is 2. The Morgan fingerprint density at radius 1 is 1.40 bits per heavy atom. The molecule has 2 heteroatoms. The number of nitrogens with two attached hydrogens (primary N) is 1. The Balaban J connectivity index is 1.96. The minimum Gasteiger partial charge on any atom is -0.380 e. The van der Waals surface area contributed by atoms with Crippen LogP contribution in [0.1, 0.15) is 19.3 Å². The molecule has 2 aliphatic rings. The van der Waals surface area contributed by atoms with Crippen LogP contribution in [0.2, 0.25) is 0 Å². The van der Waals surface area contributed by atoms with E-state index in [0.717, 1.165) is 25.7 Å². The molecular formula is C8H15NO. The zero-order chi connectivity index (χ0) is 7.03. The summed E-state index contributed by atoms with van der Waals surface area (Å²) in [6, 6.07) is 0. The van der Waals surface area contributed by atoms with Crippen LogP contribution in [0.5, 0.6) is 0 Å². The van der Waals surface area contributed by atoms with E-state index in [0.29, 0.717) is 5.41 Å². The summed E-state index contributed by atoms with van der Waals surface area (Å²) >= 11 is 0. The smallest absolute Gasteiger partial charge is 0.0559 e. The Morgan fingerprint density at radius 2 is 2.10 bits per heavy atom. The van der Waals surface area contributed by atoms with Crippen LogP contribution in [0.3, 0.4) is 0 Å². The highest BCUT2D eigenvalue weighted by atomic mass is 16.5. The van der Waals surface area contributed by atoms with Crippen molar-refractivity contribution in [2.24, 2.45) is 17.1 Å². The quantitative estimate of drug-likeness (QED) is 0.616. The molecule has 2 rings (SSSR count). The van der Waals surface area contributed by atoms with E-state index in [1.165, 1.54) is 19.3 Å². The first-order chi connectivity index (χ1) is 4.87. The largest absolute Gasteiger partial charge is 0.380 e. The molecule has 0 aromatic heterocycles. The van der Waals surface area contributed by atoms with Gasteiger partial charge in [-0.1, -0.05) is 6.42 Å². The van der Waals surface area contributed by atoms with Crippen LogP contribution < -0.4 is 5.73 Å². The summed E-state index contributed by atoms with van der Waals surface area (Å²) in [5, 5.41) is 0. The van der Waals surface area contributed by atoms with Crippen molar-refractivity contribution in [3.05, 3.63) is 0 Å². The zero-order valence-corrected chi connectivity index (χ0v) is 6.31. The first-order valence-corrected chi connectivity index (χ1v) is 4.15. The van der Waals surface area contributed by atoms with Gasteiger partial charge >= 0.3 is 0 Å². The van der Waals surface area contributed by atoms with Crippen LogP contribution in [-0.2, 0) is 4.74 Å². The minimum atomic E-state index is 0.415. The molecule has 2 N–H and O–H groups in total. The summed E-state index contributed by atoms with van der Waals surface area (Å²) in [4.78, 5) is 0. The predicted octanol–water partition coefficient (Wildman–Crippen LogP) is 0.762. The van der Waals surface area contributed by atoms with Gasteiger partial charge in [0, 0.05) is 12.0 Å². The van der Waals surface area contributed by atoms with Crippen molar-refractivity contribution in [2.75, 3.05) is 19.8 Å². The molecule has 1 saturated heterocycles. The fourth-order valence-electron chi connectivity index (χ4n) is 1.91. The summed E-state index contributed by atoms with van der Waals surface area (Å²) in [6.07, 6.45) is 4.19. The van der Waals surface area contributed by atoms with Gasteiger partial charge in [-0.15, -0.1) is 0 Å². The van der Waals surface area contributed by atoms with E-state index in [4.69, 9.17) is 10.5 Å². The first kappa shape index (κ1) is 6.62. The number of ether oxygens (including phenoxy) is 1. The topological polar surface area (TPSA) is 35.2 Å². The van der Waals surface area contributed by atoms with E-state index in [1.54, 1.807) is 0 Å². The minimum absolute atomic E-state index is 0.415. The number of hydrogen-bond donors (Lipinski definition) is 1. The Kier molecular flexibility index (Phi) is 1.46. The van der Waals surface area contributed by atoms with E-state index in [-0.39, 0.29) is 0 Å². The van der Waals surface area contributed by atoms with Gasteiger partial charge in [0.2, 0.25) is 0 Å². The lowest BCUT2D eigenvalue weighted by Crippen LogP contribution is -2.55. The second-order valence-corrected chi connectivity index (χ2v) is 3.69. The number of hydrogen-bond acceptors (Lipinski definition) is 2. The van der Waals surface area contributed by atoms with Crippen LogP contribution in [0.4, 0.5) is 0 Å². The normalized spacial score (nSPS) is 30.9. The molecule has 0 amide bonds. The SMILES string of the molecule is NCC1(C2CCC2)COC1. The zero-order valence-electron chi connectivity index (χ0n) is 6.31. The second kappa shape index (κ2) is 2.21. The summed E-state index contributed by atoms with van der Waals surface area (Å²) in [5.41, 5.74) is 6.11. The molecule has 2 fully saturated rings. The van der Waals surface area contributed by atoms with Crippen molar-refractivity contribution in [1.82, 2.24) is 0 Å². The third-order valence-corrected chi connectivity index (χ3v) is 3.16. The van der Waals surface area contributed by atoms with Gasteiger partial charge in [-0.2, -0.15) is 0 Å². The monoisotopic (exact) mass is 141 g/mol. The van der Waals surface area contributed by atoms with E-state index in [1.807, 2.05) is 0 Å². The summed E-state index contributed by atoms with van der Waals surface area (Å²) in [5.74, 6) is 0.895. The molecule has 0 bridgehead atoms. The van der Waals surface area contributed by atoms with Gasteiger partial charge in [-0.05, 0) is 18.8 Å². The van der Waals surface area contributed by atoms with E-state index in [2.05, 4.69) is 0 Å². The van der Waals surface area contributed by atoms with Crippen molar-refractivity contribution in [1.29, 1.82) is 0 Å². The molecule has 10 heavy (non-hydrogen) atoms. The maximum atomic E-state index is 5.70. The Hall–Kier alpha value is -0.0800. The summed E-state index contributed by atoms with van der Waals surface area (Å²) in [6.45, 7) is 2.68. The van der Waals surface area contributed by atoms with Crippen molar-refractivity contribution >= 4 is 0 Å². The highest BCUT2D eigenvalue weighted by Crippen LogP contribution is 2.45. The summed E-state index contributed by atoms with van der Waals surface area (Å²) in [7, 11) is 0. The molecule has 0 radical (unpaired) electrons. The molecule has 0 unspecified atom stereocenters. The molecule has 0 spiro atoms. The lowest BCUT2D eigenvalue weighted by atomic mass is 9.64. The average Bonchev–Trinajstić information content (AvgIpc) is 1.73. The average molecular weight is 141 g/mol. The molecule has 0 aromatic carbocycles. The molecule has 1 saturated carbocycles. The summed E-state index contributed by atoms with van der Waals surface area (Å²) < 4.78 is 5.21. The maximum Gasteiger partial charge on any atom is 0.0559 e. The lowest BCUT2D eigenvalue weighted by molar-refractivity contribution is -0.155. The van der Waals surface area contributed by atoms with Gasteiger partial charge in [-0.25, -0.2) is 0 Å². The van der Waals surface area contributed by atoms with Crippen molar-refractivity contribution in [3.63, 3.8) is 0 Å². The van der Waals surface area contributed by atoms with Crippen LogP contribution in [0.15, 0.2) is 0 Å². The van der Waals surface area contributed by atoms with Crippen molar-refractivity contribution < 1.29 is 4.74 Å². The van der Waals surface area contributed by atoms with Gasteiger partial charge < -0.3 is 10.5 Å². The van der Waals surface area contributed by atoms with E-state index >= 15 is 0 Å². The molecule has 1 heterocycles. The molecule has 58 valence electrons. The van der Waals surface area contributed by atoms with Crippen LogP contribution >= 0.6 is 0 Å². The van der Waals surface area contributed by atoms with E-state index in [9.17, 15) is 0 Å². The standard InChI is InChI=1S/C8H15NO/c9-4-8(5-10-6-8)7-2-1-3-7/h7H,1-6,9H2. The molecule has 0 aromatic rings.